The highest BCUT2D eigenvalue weighted by molar-refractivity contribution is 9.10. The molecule has 4 nitrogen and oxygen atoms in total. The van der Waals surface area contributed by atoms with Crippen molar-refractivity contribution in [3.63, 3.8) is 0 Å². The summed E-state index contributed by atoms with van der Waals surface area (Å²) in [4.78, 5) is 10.4. The number of rotatable bonds is 3. The van der Waals surface area contributed by atoms with Crippen molar-refractivity contribution in [1.82, 2.24) is 0 Å². The third-order valence-corrected chi connectivity index (χ3v) is 2.69. The number of carboxylic acid groups (broad SMARTS) is 1. The van der Waals surface area contributed by atoms with Gasteiger partial charge in [0.15, 0.2) is 0 Å². The number of hydrogen-bond donors (Lipinski definition) is 3. The normalized spacial score (nSPS) is 12.5. The largest absolute Gasteiger partial charge is 0.507 e. The summed E-state index contributed by atoms with van der Waals surface area (Å²) in [6, 6.07) is -0.640. The van der Waals surface area contributed by atoms with Crippen LogP contribution in [-0.2, 0) is 4.79 Å². The van der Waals surface area contributed by atoms with Crippen molar-refractivity contribution in [2.24, 2.45) is 5.73 Å². The third kappa shape index (κ3) is 2.48. The summed E-state index contributed by atoms with van der Waals surface area (Å²) in [5.74, 6) is -4.05. The van der Waals surface area contributed by atoms with E-state index < -0.39 is 41.4 Å². The lowest BCUT2D eigenvalue weighted by molar-refractivity contribution is -0.137. The molecule has 16 heavy (non-hydrogen) atoms. The maximum Gasteiger partial charge on any atom is 0.305 e. The van der Waals surface area contributed by atoms with Crippen LogP contribution in [0.25, 0.3) is 0 Å². The van der Waals surface area contributed by atoms with E-state index in [-0.39, 0.29) is 4.47 Å². The molecule has 1 aromatic rings. The van der Waals surface area contributed by atoms with Crippen LogP contribution in [0.5, 0.6) is 5.75 Å². The second-order valence-electron chi connectivity index (χ2n) is 3.12. The molecule has 0 spiro atoms. The average molecular weight is 296 g/mol. The molecule has 88 valence electrons. The predicted octanol–water partition coefficient (Wildman–Crippen LogP) is 1.91. The molecule has 0 amide bonds. The van der Waals surface area contributed by atoms with Gasteiger partial charge in [-0.3, -0.25) is 4.79 Å². The van der Waals surface area contributed by atoms with E-state index in [1.165, 1.54) is 0 Å². The number of carbonyl (C=O) groups is 1. The number of phenolic OH excluding ortho intramolecular Hbond substituents is 1. The van der Waals surface area contributed by atoms with Gasteiger partial charge < -0.3 is 15.9 Å². The summed E-state index contributed by atoms with van der Waals surface area (Å²) >= 11 is 2.70. The quantitative estimate of drug-likeness (QED) is 0.744. The van der Waals surface area contributed by atoms with E-state index in [1.54, 1.807) is 0 Å². The molecule has 0 aromatic heterocycles. The Labute approximate surface area is 97.8 Å². The minimum atomic E-state index is -1.31. The highest BCUT2D eigenvalue weighted by Gasteiger charge is 2.23. The Bertz CT molecular complexity index is 439. The van der Waals surface area contributed by atoms with E-state index in [1.807, 2.05) is 0 Å². The van der Waals surface area contributed by atoms with E-state index in [0.29, 0.717) is 6.07 Å². The molecule has 1 atom stereocenters. The van der Waals surface area contributed by atoms with Crippen molar-refractivity contribution in [2.75, 3.05) is 0 Å². The molecular weight excluding hydrogens is 288 g/mol. The molecule has 0 radical (unpaired) electrons. The minimum Gasteiger partial charge on any atom is -0.507 e. The maximum atomic E-state index is 13.5. The smallest absolute Gasteiger partial charge is 0.305 e. The number of halogens is 3. The molecule has 0 heterocycles. The van der Waals surface area contributed by atoms with E-state index >= 15 is 0 Å². The van der Waals surface area contributed by atoms with Crippen molar-refractivity contribution >= 4 is 21.9 Å². The third-order valence-electron chi connectivity index (χ3n) is 1.94. The summed E-state index contributed by atoms with van der Waals surface area (Å²) < 4.78 is 26.5. The molecule has 1 rings (SSSR count). The number of aromatic hydroxyl groups is 1. The fourth-order valence-corrected chi connectivity index (χ4v) is 1.55. The lowest BCUT2D eigenvalue weighted by Crippen LogP contribution is -2.18. The molecule has 0 aliphatic heterocycles. The van der Waals surface area contributed by atoms with Crippen LogP contribution in [0, 0.1) is 11.6 Å². The van der Waals surface area contributed by atoms with Crippen LogP contribution in [0.1, 0.15) is 18.0 Å². The Morgan fingerprint density at radius 2 is 2.12 bits per heavy atom. The molecule has 0 fully saturated rings. The highest BCUT2D eigenvalue weighted by Crippen LogP contribution is 2.33. The number of hydrogen-bond acceptors (Lipinski definition) is 3. The first kappa shape index (κ1) is 12.9. The Balaban J connectivity index is 3.23. The summed E-state index contributed by atoms with van der Waals surface area (Å²) in [5.41, 5.74) is 4.79. The first-order valence-electron chi connectivity index (χ1n) is 4.18. The minimum absolute atomic E-state index is 0.343. The van der Waals surface area contributed by atoms with Crippen LogP contribution in [0.2, 0.25) is 0 Å². The highest BCUT2D eigenvalue weighted by atomic mass is 79.9. The molecule has 4 N–H and O–H groups in total. The lowest BCUT2D eigenvalue weighted by Gasteiger charge is -2.13. The van der Waals surface area contributed by atoms with Crippen molar-refractivity contribution in [3.05, 3.63) is 27.7 Å². The van der Waals surface area contributed by atoms with Crippen LogP contribution >= 0.6 is 15.9 Å². The Hall–Kier alpha value is -1.21. The van der Waals surface area contributed by atoms with Crippen LogP contribution < -0.4 is 5.73 Å². The Kier molecular flexibility index (Phi) is 3.82. The van der Waals surface area contributed by atoms with Crippen LogP contribution in [0.15, 0.2) is 10.5 Å². The number of carboxylic acids is 1. The van der Waals surface area contributed by atoms with Gasteiger partial charge in [0.1, 0.15) is 17.4 Å². The maximum absolute atomic E-state index is 13.5. The lowest BCUT2D eigenvalue weighted by atomic mass is 10.0. The van der Waals surface area contributed by atoms with Gasteiger partial charge in [-0.25, -0.2) is 8.78 Å². The zero-order chi connectivity index (χ0) is 12.5. The van der Waals surface area contributed by atoms with Gasteiger partial charge in [0.25, 0.3) is 0 Å². The topological polar surface area (TPSA) is 83.6 Å². The zero-order valence-corrected chi connectivity index (χ0v) is 9.46. The van der Waals surface area contributed by atoms with Gasteiger partial charge >= 0.3 is 5.97 Å². The van der Waals surface area contributed by atoms with E-state index in [2.05, 4.69) is 15.9 Å². The second-order valence-corrected chi connectivity index (χ2v) is 3.92. The molecule has 1 aromatic carbocycles. The molecule has 0 aliphatic carbocycles. The first-order chi connectivity index (χ1) is 7.34. The SMILES string of the molecule is NC(CC(=O)O)c1c(F)cc(O)c(Br)c1F. The van der Waals surface area contributed by atoms with Gasteiger partial charge in [0.05, 0.1) is 10.9 Å². The zero-order valence-electron chi connectivity index (χ0n) is 7.88. The number of phenols is 1. The molecule has 0 bridgehead atoms. The summed E-state index contributed by atoms with van der Waals surface area (Å²) in [5, 5.41) is 17.5. The summed E-state index contributed by atoms with van der Waals surface area (Å²) in [6.45, 7) is 0. The van der Waals surface area contributed by atoms with Crippen LogP contribution in [0.4, 0.5) is 8.78 Å². The molecule has 7 heteroatoms. The molecule has 0 saturated carbocycles. The van der Waals surface area contributed by atoms with Crippen molar-refractivity contribution in [1.29, 1.82) is 0 Å². The van der Waals surface area contributed by atoms with Crippen LogP contribution in [-0.4, -0.2) is 16.2 Å². The average Bonchev–Trinajstić information content (AvgIpc) is 2.13. The van der Waals surface area contributed by atoms with Gasteiger partial charge in [-0.2, -0.15) is 0 Å². The number of benzene rings is 1. The van der Waals surface area contributed by atoms with E-state index in [4.69, 9.17) is 15.9 Å². The number of nitrogens with two attached hydrogens (primary N) is 1. The fourth-order valence-electron chi connectivity index (χ4n) is 1.23. The van der Waals surface area contributed by atoms with Gasteiger partial charge in [0.2, 0.25) is 0 Å². The van der Waals surface area contributed by atoms with Crippen LogP contribution in [0.3, 0.4) is 0 Å². The van der Waals surface area contributed by atoms with E-state index in [0.717, 1.165) is 0 Å². The van der Waals surface area contributed by atoms with Crippen molar-refractivity contribution in [2.45, 2.75) is 12.5 Å². The molecular formula is C9H8BrF2NO3. The Morgan fingerprint density at radius 3 is 2.62 bits per heavy atom. The van der Waals surface area contributed by atoms with Gasteiger partial charge in [0, 0.05) is 17.7 Å². The second kappa shape index (κ2) is 4.75. The Morgan fingerprint density at radius 1 is 1.56 bits per heavy atom. The molecule has 0 aliphatic rings. The molecule has 1 unspecified atom stereocenters. The fraction of sp³-hybridized carbons (Fsp3) is 0.222. The standard InChI is InChI=1S/C9H8BrF2NO3/c10-8-5(14)1-3(11)7(9(8)12)4(13)2-6(15)16/h1,4,14H,2,13H2,(H,15,16). The van der Waals surface area contributed by atoms with Gasteiger partial charge in [-0.1, -0.05) is 0 Å². The monoisotopic (exact) mass is 295 g/mol. The summed E-state index contributed by atoms with van der Waals surface area (Å²) in [7, 11) is 0. The first-order valence-corrected chi connectivity index (χ1v) is 4.97. The van der Waals surface area contributed by atoms with Gasteiger partial charge in [-0.15, -0.1) is 0 Å². The predicted molar refractivity (Wildman–Crippen MR) is 54.9 cm³/mol. The van der Waals surface area contributed by atoms with Crippen molar-refractivity contribution in [3.8, 4) is 5.75 Å². The molecule has 0 saturated heterocycles. The van der Waals surface area contributed by atoms with Crippen molar-refractivity contribution < 1.29 is 23.8 Å². The number of aliphatic carboxylic acids is 1. The summed E-state index contributed by atoms with van der Waals surface area (Å²) in [6.07, 6.45) is -0.606. The van der Waals surface area contributed by atoms with E-state index in [9.17, 15) is 13.6 Å². The van der Waals surface area contributed by atoms with Gasteiger partial charge in [-0.05, 0) is 15.9 Å².